The van der Waals surface area contributed by atoms with Crippen molar-refractivity contribution in [2.75, 3.05) is 0 Å². The summed E-state index contributed by atoms with van der Waals surface area (Å²) in [6.07, 6.45) is 11.8. The molecule has 144 valence electrons. The van der Waals surface area contributed by atoms with Gasteiger partial charge in [-0.25, -0.2) is 0 Å². The molecule has 0 aromatic carbocycles. The second-order valence-corrected chi connectivity index (χ2v) is 9.23. The molecule has 2 heteroatoms. The van der Waals surface area contributed by atoms with Crippen molar-refractivity contribution in [2.45, 2.75) is 84.3 Å². The quantitative estimate of drug-likeness (QED) is 0.657. The first-order chi connectivity index (χ1) is 12.2. The molecular weight excluding hydrogens is 320 g/mol. The van der Waals surface area contributed by atoms with E-state index >= 15 is 0 Å². The summed E-state index contributed by atoms with van der Waals surface area (Å²) in [7, 11) is 0. The zero-order chi connectivity index (χ0) is 19.1. The normalized spacial score (nSPS) is 42.0. The largest absolute Gasteiger partial charge is 0.388 e. The van der Waals surface area contributed by atoms with Crippen LogP contribution < -0.4 is 0 Å². The Morgan fingerprint density at radius 3 is 2.42 bits per heavy atom. The summed E-state index contributed by atoms with van der Waals surface area (Å²) in [6.45, 7) is 15.4. The van der Waals surface area contributed by atoms with Gasteiger partial charge >= 0.3 is 0 Å². The Kier molecular flexibility index (Phi) is 5.38. The highest BCUT2D eigenvalue weighted by Gasteiger charge is 2.56. The van der Waals surface area contributed by atoms with Gasteiger partial charge in [-0.3, -0.25) is 0 Å². The number of allylic oxidation sites excluding steroid dienone is 4. The second kappa shape index (κ2) is 7.13. The molecule has 26 heavy (non-hydrogen) atoms. The molecule has 0 heterocycles. The summed E-state index contributed by atoms with van der Waals surface area (Å²) in [5.41, 5.74) is 5.23. The first-order valence-corrected chi connectivity index (χ1v) is 10.3. The van der Waals surface area contributed by atoms with Crippen LogP contribution in [-0.2, 0) is 0 Å². The van der Waals surface area contributed by atoms with Crippen molar-refractivity contribution in [3.8, 4) is 0 Å². The molecule has 0 saturated heterocycles. The lowest BCUT2D eigenvalue weighted by Crippen LogP contribution is -2.40. The fourth-order valence-corrected chi connectivity index (χ4v) is 5.90. The fraction of sp³-hybridized carbons (Fsp3) is 0.667. The Balaban J connectivity index is 1.84. The van der Waals surface area contributed by atoms with Crippen LogP contribution in [0.25, 0.3) is 0 Å². The van der Waals surface area contributed by atoms with E-state index in [2.05, 4.69) is 46.1 Å². The molecule has 0 spiro atoms. The van der Waals surface area contributed by atoms with E-state index in [4.69, 9.17) is 0 Å². The van der Waals surface area contributed by atoms with Crippen LogP contribution in [0.5, 0.6) is 0 Å². The number of hydrogen-bond acceptors (Lipinski definition) is 2. The summed E-state index contributed by atoms with van der Waals surface area (Å²) < 4.78 is 0. The predicted octanol–water partition coefficient (Wildman–Crippen LogP) is 5.48. The lowest BCUT2D eigenvalue weighted by molar-refractivity contribution is 0.0809. The van der Waals surface area contributed by atoms with Gasteiger partial charge in [-0.05, 0) is 73.7 Å². The van der Waals surface area contributed by atoms with E-state index in [0.717, 1.165) is 12.0 Å². The van der Waals surface area contributed by atoms with E-state index in [1.54, 1.807) is 5.57 Å². The molecule has 5 atom stereocenters. The third-order valence-corrected chi connectivity index (χ3v) is 8.08. The zero-order valence-corrected chi connectivity index (χ0v) is 16.9. The zero-order valence-electron chi connectivity index (χ0n) is 16.9. The average Bonchev–Trinajstić information content (AvgIpc) is 2.89. The van der Waals surface area contributed by atoms with Crippen LogP contribution in [0.15, 0.2) is 47.6 Å². The van der Waals surface area contributed by atoms with Crippen molar-refractivity contribution in [1.29, 1.82) is 0 Å². The Hall–Kier alpha value is -1.12. The van der Waals surface area contributed by atoms with Gasteiger partial charge in [0.2, 0.25) is 0 Å². The molecule has 2 N–H and O–H groups in total. The molecule has 3 aliphatic rings. The van der Waals surface area contributed by atoms with E-state index in [9.17, 15) is 10.2 Å². The van der Waals surface area contributed by atoms with Crippen molar-refractivity contribution in [3.63, 3.8) is 0 Å². The van der Waals surface area contributed by atoms with Gasteiger partial charge in [0.15, 0.2) is 0 Å². The highest BCUT2D eigenvalue weighted by atomic mass is 16.3. The van der Waals surface area contributed by atoms with Gasteiger partial charge in [-0.1, -0.05) is 62.8 Å². The highest BCUT2D eigenvalue weighted by molar-refractivity contribution is 5.32. The number of rotatable bonds is 3. The van der Waals surface area contributed by atoms with Crippen molar-refractivity contribution in [2.24, 2.45) is 16.7 Å². The smallest absolute Gasteiger partial charge is 0.0809 e. The van der Waals surface area contributed by atoms with Crippen LogP contribution in [0.4, 0.5) is 0 Å². The lowest BCUT2D eigenvalue weighted by atomic mass is 9.55. The molecule has 5 unspecified atom stereocenters. The minimum absolute atomic E-state index is 0.244. The van der Waals surface area contributed by atoms with Crippen LogP contribution in [0.3, 0.4) is 0 Å². The molecular formula is C24H36O2. The van der Waals surface area contributed by atoms with Crippen molar-refractivity contribution >= 4 is 0 Å². The Labute approximate surface area is 159 Å². The van der Waals surface area contributed by atoms with Gasteiger partial charge in [-0.15, -0.1) is 0 Å². The third kappa shape index (κ3) is 3.05. The fourth-order valence-electron chi connectivity index (χ4n) is 5.90. The number of aliphatic hydroxyl groups is 2. The van der Waals surface area contributed by atoms with Gasteiger partial charge in [0.1, 0.15) is 0 Å². The van der Waals surface area contributed by atoms with Gasteiger partial charge in [0.25, 0.3) is 0 Å². The van der Waals surface area contributed by atoms with E-state index in [1.807, 2.05) is 0 Å². The van der Waals surface area contributed by atoms with E-state index < -0.39 is 12.2 Å². The summed E-state index contributed by atoms with van der Waals surface area (Å²) in [5, 5.41) is 20.1. The Morgan fingerprint density at radius 2 is 1.81 bits per heavy atom. The first kappa shape index (κ1) is 19.6. The maximum atomic E-state index is 10.1. The SMILES string of the molecule is C=C1C(O)CC(=CC=C2CCCC3(C)C2CCC3(C)C(=C)CC)CC1O. The van der Waals surface area contributed by atoms with Gasteiger partial charge in [0, 0.05) is 0 Å². The van der Waals surface area contributed by atoms with E-state index in [1.165, 1.54) is 37.7 Å². The Morgan fingerprint density at radius 1 is 1.15 bits per heavy atom. The second-order valence-electron chi connectivity index (χ2n) is 9.23. The molecule has 0 radical (unpaired) electrons. The molecule has 0 amide bonds. The minimum atomic E-state index is -0.609. The molecule has 0 bridgehead atoms. The maximum Gasteiger partial charge on any atom is 0.0809 e. The predicted molar refractivity (Wildman–Crippen MR) is 109 cm³/mol. The lowest BCUT2D eigenvalue weighted by Gasteiger charge is -2.49. The monoisotopic (exact) mass is 356 g/mol. The maximum absolute atomic E-state index is 10.1. The standard InChI is InChI=1S/C24H36O2/c1-6-16(2)23(4)13-11-20-19(8-7-12-24(20,23)5)10-9-18-14-21(25)17(3)22(26)15-18/h9-10,20-22,25-26H,2-3,6-8,11-15H2,1,4-5H3. The minimum Gasteiger partial charge on any atom is -0.388 e. The van der Waals surface area contributed by atoms with Crippen LogP contribution in [0, 0.1) is 16.7 Å². The van der Waals surface area contributed by atoms with E-state index in [0.29, 0.717) is 29.7 Å². The molecule has 2 nitrogen and oxygen atoms in total. The summed E-state index contributed by atoms with van der Waals surface area (Å²) in [4.78, 5) is 0. The van der Waals surface area contributed by atoms with Crippen LogP contribution in [-0.4, -0.2) is 22.4 Å². The Bertz CT molecular complexity index is 639. The van der Waals surface area contributed by atoms with Crippen molar-refractivity contribution in [3.05, 3.63) is 47.6 Å². The first-order valence-electron chi connectivity index (χ1n) is 10.3. The average molecular weight is 357 g/mol. The third-order valence-electron chi connectivity index (χ3n) is 8.08. The summed E-state index contributed by atoms with van der Waals surface area (Å²) in [5.74, 6) is 0.634. The molecule has 0 aromatic heterocycles. The van der Waals surface area contributed by atoms with Gasteiger partial charge in [-0.2, -0.15) is 0 Å². The molecule has 3 aliphatic carbocycles. The van der Waals surface area contributed by atoms with Gasteiger partial charge < -0.3 is 10.2 Å². The molecule has 3 saturated carbocycles. The van der Waals surface area contributed by atoms with Crippen molar-refractivity contribution < 1.29 is 10.2 Å². The van der Waals surface area contributed by atoms with Crippen LogP contribution in [0.2, 0.25) is 0 Å². The molecule has 0 aliphatic heterocycles. The summed E-state index contributed by atoms with van der Waals surface area (Å²) >= 11 is 0. The topological polar surface area (TPSA) is 40.5 Å². The molecule has 3 rings (SSSR count). The number of hydrogen-bond donors (Lipinski definition) is 2. The number of fused-ring (bicyclic) bond motifs is 1. The number of aliphatic hydroxyl groups excluding tert-OH is 2. The highest BCUT2D eigenvalue weighted by Crippen LogP contribution is 2.66. The van der Waals surface area contributed by atoms with Gasteiger partial charge in [0.05, 0.1) is 12.2 Å². The van der Waals surface area contributed by atoms with Crippen LogP contribution >= 0.6 is 0 Å². The molecule has 3 fully saturated rings. The molecule has 0 aromatic rings. The van der Waals surface area contributed by atoms with Crippen molar-refractivity contribution in [1.82, 2.24) is 0 Å². The van der Waals surface area contributed by atoms with Crippen LogP contribution in [0.1, 0.15) is 72.1 Å². The summed E-state index contributed by atoms with van der Waals surface area (Å²) in [6, 6.07) is 0. The van der Waals surface area contributed by atoms with E-state index in [-0.39, 0.29) is 5.41 Å².